The zero-order chi connectivity index (χ0) is 18.7. The van der Waals surface area contributed by atoms with Gasteiger partial charge in [0.25, 0.3) is 0 Å². The van der Waals surface area contributed by atoms with E-state index in [-0.39, 0.29) is 6.61 Å². The van der Waals surface area contributed by atoms with Gasteiger partial charge >= 0.3 is 0 Å². The first-order valence-corrected chi connectivity index (χ1v) is 9.51. The molecule has 5 nitrogen and oxygen atoms in total. The number of benzene rings is 2. The van der Waals surface area contributed by atoms with Crippen molar-refractivity contribution in [1.29, 1.82) is 0 Å². The van der Waals surface area contributed by atoms with Crippen molar-refractivity contribution < 1.29 is 4.74 Å². The zero-order valence-corrected chi connectivity index (χ0v) is 16.4. The van der Waals surface area contributed by atoms with E-state index in [9.17, 15) is 0 Å². The van der Waals surface area contributed by atoms with E-state index in [0.29, 0.717) is 11.0 Å². The molecule has 0 radical (unpaired) electrons. The minimum Gasteiger partial charge on any atom is -0.485 e. The smallest absolute Gasteiger partial charge is 0.210 e. The number of hydrogen-bond acceptors (Lipinski definition) is 5. The number of nitrogens with two attached hydrogens (primary N) is 1. The fourth-order valence-corrected chi connectivity index (χ4v) is 3.64. The van der Waals surface area contributed by atoms with Crippen molar-refractivity contribution in [1.82, 2.24) is 14.9 Å². The molecular weight excluding hydrogens is 344 g/mol. The van der Waals surface area contributed by atoms with Crippen LogP contribution in [-0.4, -0.2) is 14.9 Å². The van der Waals surface area contributed by atoms with Gasteiger partial charge in [-0.05, 0) is 50.5 Å². The number of thioether (sulfide) groups is 1. The summed E-state index contributed by atoms with van der Waals surface area (Å²) in [6.07, 6.45) is 0. The molecule has 1 aromatic heterocycles. The summed E-state index contributed by atoms with van der Waals surface area (Å²) in [5.74, 6) is 8.40. The lowest BCUT2D eigenvalue weighted by Gasteiger charge is -2.10. The maximum Gasteiger partial charge on any atom is 0.210 e. The lowest BCUT2D eigenvalue weighted by molar-refractivity contribution is 0.289. The van der Waals surface area contributed by atoms with Gasteiger partial charge in [0.2, 0.25) is 5.16 Å². The molecule has 2 N–H and O–H groups in total. The Morgan fingerprint density at radius 3 is 2.46 bits per heavy atom. The molecule has 0 spiro atoms. The monoisotopic (exact) mass is 368 g/mol. The fourth-order valence-electron chi connectivity index (χ4n) is 2.71. The molecule has 0 bridgehead atoms. The third-order valence-electron chi connectivity index (χ3n) is 4.28. The Balaban J connectivity index is 1.65. The highest BCUT2D eigenvalue weighted by Gasteiger charge is 2.12. The topological polar surface area (TPSA) is 66.0 Å². The van der Waals surface area contributed by atoms with E-state index in [0.717, 1.165) is 17.1 Å². The minimum absolute atomic E-state index is 0.289. The summed E-state index contributed by atoms with van der Waals surface area (Å²) in [7, 11) is 0. The van der Waals surface area contributed by atoms with Crippen LogP contribution in [0.2, 0.25) is 0 Å². The molecule has 0 saturated heterocycles. The second-order valence-electron chi connectivity index (χ2n) is 6.55. The number of nitrogen functional groups attached to an aromatic ring is 1. The second kappa shape index (κ2) is 7.83. The lowest BCUT2D eigenvalue weighted by Crippen LogP contribution is -2.16. The average molecular weight is 369 g/mol. The second-order valence-corrected chi connectivity index (χ2v) is 7.49. The minimum atomic E-state index is 0.289. The molecule has 0 aliphatic heterocycles. The number of rotatable bonds is 6. The van der Waals surface area contributed by atoms with E-state index >= 15 is 0 Å². The Labute approximate surface area is 158 Å². The molecule has 136 valence electrons. The third-order valence-corrected chi connectivity index (χ3v) is 5.28. The van der Waals surface area contributed by atoms with Gasteiger partial charge in [-0.1, -0.05) is 53.2 Å². The summed E-state index contributed by atoms with van der Waals surface area (Å²) in [5, 5.41) is 9.06. The van der Waals surface area contributed by atoms with Crippen LogP contribution >= 0.6 is 11.8 Å². The van der Waals surface area contributed by atoms with Crippen LogP contribution in [0.25, 0.3) is 0 Å². The largest absolute Gasteiger partial charge is 0.485 e. The Hall–Kier alpha value is -2.47. The van der Waals surface area contributed by atoms with Crippen LogP contribution in [0, 0.1) is 27.7 Å². The Morgan fingerprint density at radius 1 is 0.962 bits per heavy atom. The molecule has 0 atom stereocenters. The maximum absolute atomic E-state index is 6.15. The van der Waals surface area contributed by atoms with Gasteiger partial charge in [-0.15, -0.1) is 10.2 Å². The van der Waals surface area contributed by atoms with E-state index in [2.05, 4.69) is 55.2 Å². The van der Waals surface area contributed by atoms with E-state index in [4.69, 9.17) is 10.6 Å². The molecule has 1 heterocycles. The Morgan fingerprint density at radius 2 is 1.69 bits per heavy atom. The molecule has 2 aromatic carbocycles. The Kier molecular flexibility index (Phi) is 5.52. The zero-order valence-electron chi connectivity index (χ0n) is 15.6. The van der Waals surface area contributed by atoms with E-state index in [1.165, 1.54) is 26.9 Å². The molecule has 0 saturated carbocycles. The number of hydrogen-bond donors (Lipinski definition) is 1. The van der Waals surface area contributed by atoms with Gasteiger partial charge in [0, 0.05) is 5.75 Å². The molecule has 3 rings (SSSR count). The number of ether oxygens (including phenoxy) is 1. The maximum atomic E-state index is 6.15. The molecule has 0 aliphatic carbocycles. The first kappa shape index (κ1) is 18.3. The van der Waals surface area contributed by atoms with Crippen molar-refractivity contribution in [2.75, 3.05) is 5.84 Å². The van der Waals surface area contributed by atoms with Gasteiger partial charge in [-0.2, -0.15) is 0 Å². The molecule has 0 amide bonds. The van der Waals surface area contributed by atoms with Gasteiger partial charge in [0.1, 0.15) is 12.4 Å². The van der Waals surface area contributed by atoms with Gasteiger partial charge in [0.05, 0.1) is 0 Å². The molecule has 0 fully saturated rings. The summed E-state index contributed by atoms with van der Waals surface area (Å²) in [6, 6.07) is 12.6. The predicted molar refractivity (Wildman–Crippen MR) is 106 cm³/mol. The molecule has 0 unspecified atom stereocenters. The molecule has 3 aromatic rings. The highest BCUT2D eigenvalue weighted by molar-refractivity contribution is 7.98. The highest BCUT2D eigenvalue weighted by Crippen LogP contribution is 2.24. The van der Waals surface area contributed by atoms with Gasteiger partial charge in [-0.25, -0.2) is 4.68 Å². The van der Waals surface area contributed by atoms with Crippen molar-refractivity contribution >= 4 is 11.8 Å². The lowest BCUT2D eigenvalue weighted by atomic mass is 10.1. The summed E-state index contributed by atoms with van der Waals surface area (Å²) in [5.41, 5.74) is 6.11. The average Bonchev–Trinajstić information content (AvgIpc) is 2.95. The fraction of sp³-hybridized carbons (Fsp3) is 0.300. The molecule has 0 aliphatic rings. The van der Waals surface area contributed by atoms with E-state index in [1.54, 1.807) is 11.8 Å². The molecular formula is C20H24N4OS. The molecule has 6 heteroatoms. The van der Waals surface area contributed by atoms with Crippen molar-refractivity contribution in [2.45, 2.75) is 45.2 Å². The normalized spacial score (nSPS) is 10.9. The van der Waals surface area contributed by atoms with Crippen molar-refractivity contribution in [3.8, 4) is 5.75 Å². The van der Waals surface area contributed by atoms with Crippen LogP contribution < -0.4 is 10.6 Å². The van der Waals surface area contributed by atoms with Crippen LogP contribution in [0.15, 0.2) is 41.6 Å². The van der Waals surface area contributed by atoms with Crippen molar-refractivity contribution in [3.05, 3.63) is 70.0 Å². The van der Waals surface area contributed by atoms with E-state index in [1.807, 2.05) is 19.1 Å². The summed E-state index contributed by atoms with van der Waals surface area (Å²) in [4.78, 5) is 0. The summed E-state index contributed by atoms with van der Waals surface area (Å²) < 4.78 is 7.37. The SMILES string of the molecule is Cc1ccc(OCc2nnc(SCc3cc(C)ccc3C)n2N)c(C)c1. The van der Waals surface area contributed by atoms with Crippen LogP contribution in [0.4, 0.5) is 0 Å². The van der Waals surface area contributed by atoms with E-state index < -0.39 is 0 Å². The van der Waals surface area contributed by atoms with Crippen molar-refractivity contribution in [3.63, 3.8) is 0 Å². The highest BCUT2D eigenvalue weighted by atomic mass is 32.2. The number of nitrogens with zero attached hydrogens (tertiary/aromatic N) is 3. The first-order chi connectivity index (χ1) is 12.4. The van der Waals surface area contributed by atoms with Crippen molar-refractivity contribution in [2.24, 2.45) is 0 Å². The predicted octanol–water partition coefficient (Wildman–Crippen LogP) is 4.10. The van der Waals surface area contributed by atoms with Crippen LogP contribution in [0.1, 0.15) is 33.6 Å². The van der Waals surface area contributed by atoms with Crippen LogP contribution in [0.3, 0.4) is 0 Å². The summed E-state index contributed by atoms with van der Waals surface area (Å²) in [6.45, 7) is 8.60. The first-order valence-electron chi connectivity index (χ1n) is 8.52. The quantitative estimate of drug-likeness (QED) is 0.524. The Bertz CT molecular complexity index is 920. The van der Waals surface area contributed by atoms with Crippen LogP contribution in [-0.2, 0) is 12.4 Å². The van der Waals surface area contributed by atoms with Crippen LogP contribution in [0.5, 0.6) is 5.75 Å². The van der Waals surface area contributed by atoms with Gasteiger partial charge in [-0.3, -0.25) is 0 Å². The third kappa shape index (κ3) is 4.19. The molecule has 26 heavy (non-hydrogen) atoms. The standard InChI is InChI=1S/C20H24N4OS/c1-13-6-8-18(16(4)9-13)25-11-19-22-23-20(24(19)21)26-12-17-10-14(2)5-7-15(17)3/h5-10H,11-12,21H2,1-4H3. The number of aryl methyl sites for hydroxylation is 4. The number of aromatic nitrogens is 3. The summed E-state index contributed by atoms with van der Waals surface area (Å²) >= 11 is 1.58. The van der Waals surface area contributed by atoms with Gasteiger partial charge in [0.15, 0.2) is 5.82 Å². The van der Waals surface area contributed by atoms with Gasteiger partial charge < -0.3 is 10.6 Å².